The lowest BCUT2D eigenvalue weighted by molar-refractivity contribution is 0.460. The van der Waals surface area contributed by atoms with Gasteiger partial charge in [-0.15, -0.1) is 0 Å². The molecule has 0 unspecified atom stereocenters. The Labute approximate surface area is 91.3 Å². The van der Waals surface area contributed by atoms with Gasteiger partial charge in [0.1, 0.15) is 0 Å². The van der Waals surface area contributed by atoms with Crippen LogP contribution < -0.4 is 5.73 Å². The monoisotopic (exact) mass is 208 g/mol. The maximum atomic E-state index is 5.52. The second-order valence-corrected chi connectivity index (χ2v) is 2.57. The number of hydrogen-bond donors (Lipinski definition) is 1. The molecule has 0 aliphatic rings. The minimum absolute atomic E-state index is 0.458. The van der Waals surface area contributed by atoms with E-state index in [-0.39, 0.29) is 0 Å². The Kier molecular flexibility index (Phi) is 6.18. The molecule has 1 aromatic carbocycles. The molecular weight excluding hydrogens is 188 g/mol. The van der Waals surface area contributed by atoms with Crippen LogP contribution in [0.3, 0.4) is 0 Å². The van der Waals surface area contributed by atoms with Gasteiger partial charge in [0.25, 0.3) is 0 Å². The molecule has 2 N–H and O–H groups in total. The van der Waals surface area contributed by atoms with Gasteiger partial charge in [-0.3, -0.25) is 0 Å². The highest BCUT2D eigenvalue weighted by Crippen LogP contribution is 2.20. The number of anilines is 1. The van der Waals surface area contributed by atoms with Crippen LogP contribution in [0, 0.1) is 6.92 Å². The summed E-state index contributed by atoms with van der Waals surface area (Å²) < 4.78 is 4.95. The van der Waals surface area contributed by atoms with Crippen LogP contribution in [0.5, 0.6) is 0 Å². The summed E-state index contributed by atoms with van der Waals surface area (Å²) in [4.78, 5) is 0. The van der Waals surface area contributed by atoms with Crippen molar-refractivity contribution in [1.29, 1.82) is 0 Å². The van der Waals surface area contributed by atoms with Crippen LogP contribution >= 0.6 is 0 Å². The van der Waals surface area contributed by atoms with Crippen molar-refractivity contribution in [2.24, 2.45) is 0 Å². The third-order valence-corrected chi connectivity index (χ3v) is 1.66. The third-order valence-electron chi connectivity index (χ3n) is 1.66. The van der Waals surface area contributed by atoms with Crippen molar-refractivity contribution in [3.05, 3.63) is 23.8 Å². The number of benzene rings is 1. The smallest absolute Gasteiger partial charge is 0.174 e. The number of fused-ring (bicyclic) bond motifs is 1. The van der Waals surface area contributed by atoms with Gasteiger partial charge in [0.15, 0.2) is 11.4 Å². The number of nitrogen functional groups attached to an aromatic ring is 1. The molecule has 1 heterocycles. The van der Waals surface area contributed by atoms with Gasteiger partial charge >= 0.3 is 0 Å². The number of aromatic nitrogens is 1. The Morgan fingerprint density at radius 2 is 1.73 bits per heavy atom. The zero-order valence-corrected chi connectivity index (χ0v) is 10.2. The quantitative estimate of drug-likeness (QED) is 0.717. The summed E-state index contributed by atoms with van der Waals surface area (Å²) in [6, 6.07) is 5.81. The van der Waals surface area contributed by atoms with E-state index >= 15 is 0 Å². The van der Waals surface area contributed by atoms with Crippen LogP contribution in [0.1, 0.15) is 33.3 Å². The molecule has 0 saturated carbocycles. The van der Waals surface area contributed by atoms with Gasteiger partial charge in [0.05, 0.1) is 5.39 Å². The van der Waals surface area contributed by atoms with E-state index < -0.39 is 0 Å². The summed E-state index contributed by atoms with van der Waals surface area (Å²) >= 11 is 0. The van der Waals surface area contributed by atoms with Crippen molar-refractivity contribution < 1.29 is 4.52 Å². The summed E-state index contributed by atoms with van der Waals surface area (Å²) in [5.41, 5.74) is 7.42. The van der Waals surface area contributed by atoms with Gasteiger partial charge in [-0.05, 0) is 24.6 Å². The molecule has 1 aromatic heterocycles. The van der Waals surface area contributed by atoms with Crippen molar-refractivity contribution >= 4 is 16.8 Å². The van der Waals surface area contributed by atoms with E-state index in [1.54, 1.807) is 0 Å². The molecule has 0 aliphatic heterocycles. The van der Waals surface area contributed by atoms with Crippen LogP contribution in [-0.2, 0) is 0 Å². The molecular formula is C12H20N2O. The minimum Gasteiger partial charge on any atom is -0.380 e. The highest BCUT2D eigenvalue weighted by Gasteiger charge is 2.02. The maximum Gasteiger partial charge on any atom is 0.174 e. The summed E-state index contributed by atoms with van der Waals surface area (Å²) in [5, 5.41) is 4.52. The van der Waals surface area contributed by atoms with E-state index in [1.165, 1.54) is 0 Å². The Morgan fingerprint density at radius 3 is 2.33 bits per heavy atom. The fourth-order valence-electron chi connectivity index (χ4n) is 1.06. The van der Waals surface area contributed by atoms with Crippen LogP contribution in [0.4, 0.5) is 5.82 Å². The largest absolute Gasteiger partial charge is 0.380 e. The Bertz CT molecular complexity index is 393. The molecule has 15 heavy (non-hydrogen) atoms. The van der Waals surface area contributed by atoms with Crippen molar-refractivity contribution in [2.75, 3.05) is 5.73 Å². The zero-order valence-electron chi connectivity index (χ0n) is 10.2. The Morgan fingerprint density at radius 1 is 1.13 bits per heavy atom. The fraction of sp³-hybridized carbons (Fsp3) is 0.417. The highest BCUT2D eigenvalue weighted by atomic mass is 16.5. The molecule has 0 bridgehead atoms. The maximum absolute atomic E-state index is 5.52. The summed E-state index contributed by atoms with van der Waals surface area (Å²) in [7, 11) is 0. The minimum atomic E-state index is 0.458. The summed E-state index contributed by atoms with van der Waals surface area (Å²) in [5.74, 6) is 0.458. The molecule has 0 saturated heterocycles. The van der Waals surface area contributed by atoms with E-state index in [1.807, 2.05) is 52.8 Å². The van der Waals surface area contributed by atoms with Crippen LogP contribution in [0.2, 0.25) is 0 Å². The first-order valence-electron chi connectivity index (χ1n) is 5.39. The molecule has 3 nitrogen and oxygen atoms in total. The average molecular weight is 208 g/mol. The number of nitrogens with zero attached hydrogens (tertiary/aromatic N) is 1. The normalized spacial score (nSPS) is 8.60. The van der Waals surface area contributed by atoms with Crippen LogP contribution in [0.25, 0.3) is 11.0 Å². The molecule has 0 spiro atoms. The SMILES string of the molecule is CC.CC.Cc1ccc2c(N)noc2c1. The van der Waals surface area contributed by atoms with Crippen molar-refractivity contribution in [3.63, 3.8) is 0 Å². The first-order valence-corrected chi connectivity index (χ1v) is 5.39. The first kappa shape index (κ1) is 13.5. The zero-order chi connectivity index (χ0) is 11.8. The average Bonchev–Trinajstić information content (AvgIpc) is 2.65. The lowest BCUT2D eigenvalue weighted by atomic mass is 10.2. The Balaban J connectivity index is 0.000000442. The van der Waals surface area contributed by atoms with Gasteiger partial charge in [-0.1, -0.05) is 38.9 Å². The van der Waals surface area contributed by atoms with E-state index in [0.717, 1.165) is 16.5 Å². The standard InChI is InChI=1S/C8H8N2O.2C2H6/c1-5-2-3-6-7(4-5)11-10-8(6)9;2*1-2/h2-4H,1H3,(H2,9,10);2*1-2H3. The van der Waals surface area contributed by atoms with Gasteiger partial charge in [-0.25, -0.2) is 0 Å². The lowest BCUT2D eigenvalue weighted by Crippen LogP contribution is -1.82. The molecule has 0 atom stereocenters. The van der Waals surface area contributed by atoms with Crippen molar-refractivity contribution in [3.8, 4) is 0 Å². The number of nitrogens with two attached hydrogens (primary N) is 1. The van der Waals surface area contributed by atoms with Crippen molar-refractivity contribution in [1.82, 2.24) is 5.16 Å². The van der Waals surface area contributed by atoms with Crippen LogP contribution in [0.15, 0.2) is 22.7 Å². The number of aryl methyl sites for hydroxylation is 1. The molecule has 3 heteroatoms. The van der Waals surface area contributed by atoms with Crippen LogP contribution in [-0.4, -0.2) is 5.16 Å². The predicted octanol–water partition coefficient (Wildman–Crippen LogP) is 3.77. The number of rotatable bonds is 0. The lowest BCUT2D eigenvalue weighted by Gasteiger charge is -1.88. The van der Waals surface area contributed by atoms with E-state index in [4.69, 9.17) is 10.3 Å². The highest BCUT2D eigenvalue weighted by molar-refractivity contribution is 5.87. The molecule has 2 rings (SSSR count). The predicted molar refractivity (Wildman–Crippen MR) is 65.9 cm³/mol. The summed E-state index contributed by atoms with van der Waals surface area (Å²) in [6.45, 7) is 10.00. The topological polar surface area (TPSA) is 52.0 Å². The third kappa shape index (κ3) is 3.27. The molecule has 2 aromatic rings. The molecule has 84 valence electrons. The molecule has 0 fully saturated rings. The Hall–Kier alpha value is -1.51. The second-order valence-electron chi connectivity index (χ2n) is 2.57. The fourth-order valence-corrected chi connectivity index (χ4v) is 1.06. The van der Waals surface area contributed by atoms with Gasteiger partial charge < -0.3 is 10.3 Å². The number of hydrogen-bond acceptors (Lipinski definition) is 3. The van der Waals surface area contributed by atoms with Crippen molar-refractivity contribution in [2.45, 2.75) is 34.6 Å². The molecule has 0 amide bonds. The van der Waals surface area contributed by atoms with Gasteiger partial charge in [-0.2, -0.15) is 0 Å². The molecule has 0 aliphatic carbocycles. The molecule has 0 radical (unpaired) electrons. The van der Waals surface area contributed by atoms with E-state index in [2.05, 4.69) is 5.16 Å². The second kappa shape index (κ2) is 6.87. The van der Waals surface area contributed by atoms with Gasteiger partial charge in [0.2, 0.25) is 0 Å². The summed E-state index contributed by atoms with van der Waals surface area (Å²) in [6.07, 6.45) is 0. The van der Waals surface area contributed by atoms with E-state index in [9.17, 15) is 0 Å². The van der Waals surface area contributed by atoms with E-state index in [0.29, 0.717) is 5.82 Å². The van der Waals surface area contributed by atoms with Gasteiger partial charge in [0, 0.05) is 0 Å². The first-order chi connectivity index (χ1) is 7.27.